The van der Waals surface area contributed by atoms with Gasteiger partial charge in [0.2, 0.25) is 22.6 Å². The van der Waals surface area contributed by atoms with E-state index < -0.39 is 5.91 Å². The summed E-state index contributed by atoms with van der Waals surface area (Å²) in [6, 6.07) is 23.5. The summed E-state index contributed by atoms with van der Waals surface area (Å²) in [6.45, 7) is 0. The van der Waals surface area contributed by atoms with Gasteiger partial charge in [0.25, 0.3) is 23.3 Å². The van der Waals surface area contributed by atoms with Crippen LogP contribution in [0.3, 0.4) is 0 Å². The molecule has 4 aromatic carbocycles. The van der Waals surface area contributed by atoms with Crippen molar-refractivity contribution in [1.82, 2.24) is 9.13 Å². The number of benzene rings is 4. The van der Waals surface area contributed by atoms with E-state index in [0.717, 1.165) is 89.8 Å². The third kappa shape index (κ3) is 2.40. The van der Waals surface area contributed by atoms with Gasteiger partial charge in [-0.25, -0.2) is 0 Å². The minimum Gasteiger partial charge on any atom is -0.192 e. The second kappa shape index (κ2) is 7.27. The zero-order chi connectivity index (χ0) is 29.7. The van der Waals surface area contributed by atoms with Crippen LogP contribution in [0.4, 0.5) is 11.6 Å². The van der Waals surface area contributed by atoms with Gasteiger partial charge in [0.1, 0.15) is 0 Å². The number of hydrogen-bond acceptors (Lipinski definition) is 4. The maximum absolute atomic E-state index is 6.64. The molecule has 1 spiro atoms. The molecule has 0 fully saturated rings. The summed E-state index contributed by atoms with van der Waals surface area (Å²) in [5.41, 5.74) is 5.16. The number of hydrogen-bond donors (Lipinski definition) is 0. The maximum Gasteiger partial charge on any atom is 0.404 e. The van der Waals surface area contributed by atoms with Gasteiger partial charge < -0.3 is 0 Å². The number of nitrogens with zero attached hydrogens (tertiary/aromatic N) is 8. The number of halogens is 4. The van der Waals surface area contributed by atoms with E-state index in [9.17, 15) is 0 Å². The molecule has 8 nitrogen and oxygen atoms in total. The van der Waals surface area contributed by atoms with Crippen LogP contribution < -0.4 is 11.0 Å². The smallest absolute Gasteiger partial charge is 0.192 e. The zero-order valence-electron chi connectivity index (χ0n) is 22.5. The van der Waals surface area contributed by atoms with Crippen molar-refractivity contribution in [3.05, 3.63) is 126 Å². The lowest BCUT2D eigenvalue weighted by molar-refractivity contribution is -0.790. The van der Waals surface area contributed by atoms with E-state index in [1.165, 1.54) is 0 Å². The Hall–Kier alpha value is -4.60. The van der Waals surface area contributed by atoms with Crippen LogP contribution in [-0.2, 0) is 5.91 Å². The van der Waals surface area contributed by atoms with E-state index in [-0.39, 0.29) is 0 Å². The molecule has 1 unspecified atom stereocenters. The molecule has 0 saturated carbocycles. The Bertz CT molecular complexity index is 2870. The fraction of sp³-hybridized carbons (Fsp3) is 0.0303. The molecule has 0 N–H and O–H groups in total. The molecule has 0 saturated heterocycles. The predicted octanol–water partition coefficient (Wildman–Crippen LogP) is 6.32. The Morgan fingerprint density at radius 2 is 1.00 bits per heavy atom. The summed E-state index contributed by atoms with van der Waals surface area (Å²) in [4.78, 5) is 21.5. The van der Waals surface area contributed by atoms with Crippen LogP contribution in [0.2, 0.25) is 20.1 Å². The molecule has 12 heteroatoms. The molecule has 2 aromatic heterocycles. The van der Waals surface area contributed by atoms with Gasteiger partial charge in [0, 0.05) is 41.6 Å². The first kappa shape index (κ1) is 23.7. The van der Waals surface area contributed by atoms with Crippen LogP contribution in [-0.4, -0.2) is 41.6 Å². The predicted molar refractivity (Wildman–Crippen MR) is 174 cm³/mol. The normalized spacial score (nSPS) is 20.1. The van der Waals surface area contributed by atoms with E-state index in [1.807, 2.05) is 72.8 Å². The van der Waals surface area contributed by atoms with Crippen LogP contribution in [0.15, 0.2) is 92.8 Å². The number of aromatic nitrogens is 2. The fourth-order valence-electron chi connectivity index (χ4n) is 7.97. The molecule has 0 bridgehead atoms. The quantitative estimate of drug-likeness (QED) is 0.171. The minimum atomic E-state index is -1.12. The minimum absolute atomic E-state index is 0.616. The lowest BCUT2D eigenvalue weighted by Gasteiger charge is -2.40. The highest BCUT2D eigenvalue weighted by molar-refractivity contribution is 6.33. The molecule has 6 aliphatic rings. The number of amidine groups is 4. The largest absolute Gasteiger partial charge is 0.404 e. The number of aliphatic imine (C=N–C) groups is 2. The molecule has 210 valence electrons. The standard InChI is InChI=1S/C33H12Cl4N8/c34-13-1-5-17-21(9-13)29-39-26-19-7-3-15(36)11-23(19)31-41-28-20-8-4-16(37)12-24(20)32-40-27-18-6-2-14(35)10-22(18)30-38-25(17)42(29)33(43(27)30,44(26)31)45(28)32/h1-12H/q+2. The Labute approximate surface area is 272 Å². The van der Waals surface area contributed by atoms with Crippen LogP contribution in [0.25, 0.3) is 21.5 Å². The van der Waals surface area contributed by atoms with Gasteiger partial charge in [0.15, 0.2) is 0 Å². The van der Waals surface area contributed by atoms with Gasteiger partial charge in [-0.2, -0.15) is 9.13 Å². The van der Waals surface area contributed by atoms with Crippen molar-refractivity contribution in [2.45, 2.75) is 5.91 Å². The van der Waals surface area contributed by atoms with Gasteiger partial charge in [-0.3, -0.25) is 0 Å². The van der Waals surface area contributed by atoms with Crippen molar-refractivity contribution >= 4 is 103 Å². The van der Waals surface area contributed by atoms with E-state index in [2.05, 4.69) is 18.3 Å². The molecule has 0 amide bonds. The summed E-state index contributed by atoms with van der Waals surface area (Å²) in [5.74, 6) is 3.36. The van der Waals surface area contributed by atoms with Gasteiger partial charge in [-0.05, 0) is 72.8 Å². The number of fused-ring (bicyclic) bond motifs is 12. The van der Waals surface area contributed by atoms with Crippen LogP contribution >= 0.6 is 46.4 Å². The number of rotatable bonds is 0. The lowest BCUT2D eigenvalue weighted by atomic mass is 10.1. The summed E-state index contributed by atoms with van der Waals surface area (Å²) < 4.78 is 8.83. The molecule has 8 heterocycles. The Balaban J connectivity index is 1.42. The van der Waals surface area contributed by atoms with Crippen molar-refractivity contribution in [2.24, 2.45) is 20.0 Å². The summed E-state index contributed by atoms with van der Waals surface area (Å²) in [5, 5.41) is 6.13. The summed E-state index contributed by atoms with van der Waals surface area (Å²) >= 11 is 26.6. The lowest BCUT2D eigenvalue weighted by Crippen LogP contribution is -2.71. The first-order chi connectivity index (χ1) is 21.9. The third-order valence-corrected chi connectivity index (χ3v) is 10.5. The van der Waals surface area contributed by atoms with Crippen molar-refractivity contribution in [3.63, 3.8) is 0 Å². The zero-order valence-corrected chi connectivity index (χ0v) is 25.5. The van der Waals surface area contributed by atoms with Crippen LogP contribution in [0.5, 0.6) is 0 Å². The first-order valence-electron chi connectivity index (χ1n) is 14.2. The van der Waals surface area contributed by atoms with Crippen molar-refractivity contribution in [1.29, 1.82) is 0 Å². The Morgan fingerprint density at radius 3 is 1.76 bits per heavy atom. The van der Waals surface area contributed by atoms with Gasteiger partial charge in [0.05, 0.1) is 22.3 Å². The molecule has 0 radical (unpaired) electrons. The molecule has 1 atom stereocenters. The van der Waals surface area contributed by atoms with Crippen molar-refractivity contribution < 1.29 is 9.15 Å². The molecule has 6 aromatic rings. The highest BCUT2D eigenvalue weighted by atomic mass is 35.5. The second-order valence-corrected chi connectivity index (χ2v) is 13.5. The fourth-order valence-corrected chi connectivity index (χ4v) is 8.66. The summed E-state index contributed by atoms with van der Waals surface area (Å²) in [6.07, 6.45) is 0. The second-order valence-electron chi connectivity index (χ2n) is 11.7. The molecule has 45 heavy (non-hydrogen) atoms. The molecular formula is C33H12Cl4N8+2. The van der Waals surface area contributed by atoms with E-state index in [1.54, 1.807) is 0 Å². The van der Waals surface area contributed by atoms with Crippen molar-refractivity contribution in [3.8, 4) is 0 Å². The highest BCUT2D eigenvalue weighted by Crippen LogP contribution is 2.53. The Morgan fingerprint density at radius 1 is 0.467 bits per heavy atom. The van der Waals surface area contributed by atoms with Gasteiger partial charge in [-0.15, -0.1) is 9.15 Å². The average molecular weight is 662 g/mol. The van der Waals surface area contributed by atoms with E-state index in [4.69, 9.17) is 66.4 Å². The van der Waals surface area contributed by atoms with E-state index in [0.29, 0.717) is 20.1 Å². The van der Waals surface area contributed by atoms with Crippen molar-refractivity contribution in [2.75, 3.05) is 0 Å². The molecular weight excluding hydrogens is 650 g/mol. The Kier molecular flexibility index (Phi) is 3.83. The SMILES string of the molecule is Clc1ccc2c(c1)C1=Nc3c4ccc(Cl)cc4c4n3C35n6c(c7ccc(Cl)cc7c6=NC2=[N+]13)=NC1=[N+]5C(=N4)c2ccc(Cl)cc21. The summed E-state index contributed by atoms with van der Waals surface area (Å²) in [7, 11) is 0. The maximum atomic E-state index is 6.64. The average Bonchev–Trinajstić information content (AvgIpc) is 3.72. The highest BCUT2D eigenvalue weighted by Gasteiger charge is 2.69. The topological polar surface area (TPSA) is 65.3 Å². The molecule has 0 aliphatic carbocycles. The monoisotopic (exact) mass is 660 g/mol. The first-order valence-corrected chi connectivity index (χ1v) is 15.7. The molecule has 12 rings (SSSR count). The molecule has 6 aliphatic heterocycles. The van der Waals surface area contributed by atoms with Gasteiger partial charge >= 0.3 is 5.91 Å². The third-order valence-electron chi connectivity index (χ3n) is 9.60. The van der Waals surface area contributed by atoms with Crippen LogP contribution in [0, 0.1) is 0 Å². The van der Waals surface area contributed by atoms with Gasteiger partial charge in [-0.1, -0.05) is 66.4 Å². The van der Waals surface area contributed by atoms with E-state index >= 15 is 0 Å². The van der Waals surface area contributed by atoms with Crippen LogP contribution in [0.1, 0.15) is 22.3 Å².